The number of hydrazone groups is 1. The number of allylic oxidation sites excluding steroid dienone is 11. The molecular weight excluding hydrogens is 308 g/mol. The van der Waals surface area contributed by atoms with E-state index in [9.17, 15) is 0 Å². The number of hydrogen-bond donors (Lipinski definition) is 2. The Bertz CT molecular complexity index is 697. The Morgan fingerprint density at radius 2 is 1.96 bits per heavy atom. The van der Waals surface area contributed by atoms with Crippen LogP contribution in [0.1, 0.15) is 20.8 Å². The van der Waals surface area contributed by atoms with Gasteiger partial charge in [-0.3, -0.25) is 0 Å². The lowest BCUT2D eigenvalue weighted by Crippen LogP contribution is -2.30. The molecule has 0 saturated heterocycles. The van der Waals surface area contributed by atoms with Gasteiger partial charge in [-0.25, -0.2) is 10.4 Å². The van der Waals surface area contributed by atoms with Crippen LogP contribution in [0, 0.1) is 0 Å². The summed E-state index contributed by atoms with van der Waals surface area (Å²) in [5.74, 6) is 0.686. The molecule has 1 heterocycles. The zero-order valence-electron chi connectivity index (χ0n) is 15.5. The van der Waals surface area contributed by atoms with Crippen molar-refractivity contribution in [3.05, 3.63) is 84.1 Å². The summed E-state index contributed by atoms with van der Waals surface area (Å²) < 4.78 is 0. The molecule has 0 amide bonds. The average Bonchev–Trinajstić information content (AvgIpc) is 3.07. The first-order valence-corrected chi connectivity index (χ1v) is 8.26. The van der Waals surface area contributed by atoms with E-state index in [2.05, 4.69) is 46.6 Å². The third kappa shape index (κ3) is 7.04. The number of hydrogen-bond acceptors (Lipinski definition) is 4. The third-order valence-electron chi connectivity index (χ3n) is 3.38. The van der Waals surface area contributed by atoms with Gasteiger partial charge in [-0.15, -0.1) is 0 Å². The highest BCUT2D eigenvalue weighted by Crippen LogP contribution is 2.22. The van der Waals surface area contributed by atoms with E-state index in [4.69, 9.17) is 0 Å². The zero-order chi connectivity index (χ0) is 18.7. The van der Waals surface area contributed by atoms with Crippen LogP contribution in [0.3, 0.4) is 0 Å². The summed E-state index contributed by atoms with van der Waals surface area (Å²) in [6, 6.07) is 0. The van der Waals surface area contributed by atoms with Gasteiger partial charge in [0.05, 0.1) is 12.8 Å². The maximum absolute atomic E-state index is 4.27. The molecule has 0 atom stereocenters. The molecule has 0 spiro atoms. The van der Waals surface area contributed by atoms with Crippen LogP contribution in [0.4, 0.5) is 0 Å². The molecule has 0 aromatic rings. The van der Waals surface area contributed by atoms with Crippen molar-refractivity contribution in [2.75, 3.05) is 13.1 Å². The van der Waals surface area contributed by atoms with Gasteiger partial charge in [0.1, 0.15) is 0 Å². The Labute approximate surface area is 151 Å². The average molecular weight is 336 g/mol. The molecule has 0 aliphatic carbocycles. The second-order valence-electron chi connectivity index (χ2n) is 5.65. The lowest BCUT2D eigenvalue weighted by Gasteiger charge is -2.10. The number of rotatable bonds is 8. The molecule has 0 bridgehead atoms. The van der Waals surface area contributed by atoms with E-state index < -0.39 is 0 Å². The number of nitrogens with zero attached hydrogens (tertiary/aromatic N) is 2. The number of aliphatic imine (C=N–C) groups is 1. The summed E-state index contributed by atoms with van der Waals surface area (Å²) in [5, 5.41) is 7.38. The molecule has 0 radical (unpaired) electrons. The van der Waals surface area contributed by atoms with Crippen LogP contribution >= 0.6 is 0 Å². The summed E-state index contributed by atoms with van der Waals surface area (Å²) in [4.78, 5) is 4.24. The summed E-state index contributed by atoms with van der Waals surface area (Å²) >= 11 is 0. The van der Waals surface area contributed by atoms with Gasteiger partial charge in [0, 0.05) is 12.1 Å². The van der Waals surface area contributed by atoms with Crippen molar-refractivity contribution >= 4 is 12.2 Å². The monoisotopic (exact) mass is 336 g/mol. The zero-order valence-corrected chi connectivity index (χ0v) is 15.5. The van der Waals surface area contributed by atoms with Gasteiger partial charge in [-0.2, -0.15) is 5.10 Å². The van der Waals surface area contributed by atoms with Crippen molar-refractivity contribution in [2.24, 2.45) is 10.1 Å². The van der Waals surface area contributed by atoms with Crippen molar-refractivity contribution in [3.63, 3.8) is 0 Å². The first-order valence-electron chi connectivity index (χ1n) is 8.26. The molecule has 0 aromatic heterocycles. The first-order chi connectivity index (χ1) is 12.0. The van der Waals surface area contributed by atoms with Crippen molar-refractivity contribution in [3.8, 4) is 0 Å². The first kappa shape index (κ1) is 20.2. The van der Waals surface area contributed by atoms with Gasteiger partial charge in [-0.1, -0.05) is 61.3 Å². The molecule has 1 aliphatic rings. The van der Waals surface area contributed by atoms with Crippen LogP contribution in [0.5, 0.6) is 0 Å². The summed E-state index contributed by atoms with van der Waals surface area (Å²) in [7, 11) is 0. The van der Waals surface area contributed by atoms with Crippen molar-refractivity contribution in [2.45, 2.75) is 20.8 Å². The van der Waals surface area contributed by atoms with Gasteiger partial charge in [0.25, 0.3) is 0 Å². The van der Waals surface area contributed by atoms with Crippen molar-refractivity contribution in [1.29, 1.82) is 0 Å². The molecule has 4 heteroatoms. The summed E-state index contributed by atoms with van der Waals surface area (Å²) in [6.45, 7) is 19.5. The summed E-state index contributed by atoms with van der Waals surface area (Å²) in [5.41, 5.74) is 7.74. The minimum absolute atomic E-state index is 0.686. The van der Waals surface area contributed by atoms with Crippen LogP contribution in [-0.2, 0) is 0 Å². The van der Waals surface area contributed by atoms with E-state index >= 15 is 0 Å². The van der Waals surface area contributed by atoms with Crippen LogP contribution in [0.25, 0.3) is 0 Å². The van der Waals surface area contributed by atoms with E-state index in [0.717, 1.165) is 41.0 Å². The Balaban J connectivity index is 3.16. The third-order valence-corrected chi connectivity index (χ3v) is 3.38. The van der Waals surface area contributed by atoms with Gasteiger partial charge in [0.15, 0.2) is 0 Å². The maximum Gasteiger partial charge on any atom is 0.212 e. The summed E-state index contributed by atoms with van der Waals surface area (Å²) in [6.07, 6.45) is 13.5. The molecule has 1 aliphatic heterocycles. The molecule has 0 aromatic carbocycles. The standard InChI is InChI=1S/C21H28N4/c1-7-9-11-18(16(3)4)14-20(17(5)6)19(10-8-2)15-24-25-21-22-12-13-23-21/h7-11,14-15H,2-3,5,12-13H2,1,4,6H3,(H2,22,23,25)/b9-7-,18-11-,19-10-,20-14+,24-15+. The van der Waals surface area contributed by atoms with Crippen LogP contribution in [-0.4, -0.2) is 25.3 Å². The van der Waals surface area contributed by atoms with Crippen LogP contribution < -0.4 is 10.7 Å². The normalized spacial score (nSPS) is 16.1. The smallest absolute Gasteiger partial charge is 0.212 e. The van der Waals surface area contributed by atoms with Gasteiger partial charge >= 0.3 is 0 Å². The predicted octanol–water partition coefficient (Wildman–Crippen LogP) is 4.21. The van der Waals surface area contributed by atoms with E-state index in [1.807, 2.05) is 45.1 Å². The van der Waals surface area contributed by atoms with Crippen LogP contribution in [0.2, 0.25) is 0 Å². The topological polar surface area (TPSA) is 48.8 Å². The Kier molecular flexibility index (Phi) is 8.72. The lowest BCUT2D eigenvalue weighted by atomic mass is 9.95. The molecule has 4 nitrogen and oxygen atoms in total. The van der Waals surface area contributed by atoms with Gasteiger partial charge in [0.2, 0.25) is 5.96 Å². The van der Waals surface area contributed by atoms with Crippen LogP contribution in [0.15, 0.2) is 94.2 Å². The van der Waals surface area contributed by atoms with E-state index in [1.165, 1.54) is 0 Å². The van der Waals surface area contributed by atoms with Crippen molar-refractivity contribution in [1.82, 2.24) is 10.7 Å². The molecule has 1 rings (SSSR count). The molecule has 2 N–H and O–H groups in total. The molecule has 25 heavy (non-hydrogen) atoms. The molecule has 132 valence electrons. The maximum atomic E-state index is 4.27. The predicted molar refractivity (Wildman–Crippen MR) is 111 cm³/mol. The quantitative estimate of drug-likeness (QED) is 0.396. The largest absolute Gasteiger partial charge is 0.353 e. The number of nitrogens with one attached hydrogen (secondary N) is 2. The van der Waals surface area contributed by atoms with Gasteiger partial charge in [-0.05, 0) is 38.0 Å². The Morgan fingerprint density at radius 3 is 2.48 bits per heavy atom. The Hall–Kier alpha value is -2.88. The lowest BCUT2D eigenvalue weighted by molar-refractivity contribution is 0.919. The molecular formula is C21H28N4. The Morgan fingerprint density at radius 1 is 1.20 bits per heavy atom. The highest BCUT2D eigenvalue weighted by Gasteiger charge is 2.07. The van der Waals surface area contributed by atoms with E-state index in [-0.39, 0.29) is 0 Å². The van der Waals surface area contributed by atoms with Gasteiger partial charge < -0.3 is 5.32 Å². The van der Waals surface area contributed by atoms with Crippen molar-refractivity contribution < 1.29 is 0 Å². The molecule has 0 fully saturated rings. The fraction of sp³-hybridized carbons (Fsp3) is 0.238. The molecule has 0 saturated carbocycles. The highest BCUT2D eigenvalue weighted by molar-refractivity contribution is 5.89. The minimum Gasteiger partial charge on any atom is -0.353 e. The molecule has 0 unspecified atom stereocenters. The highest BCUT2D eigenvalue weighted by atomic mass is 15.4. The fourth-order valence-corrected chi connectivity index (χ4v) is 2.09. The second kappa shape index (κ2) is 10.8. The van der Waals surface area contributed by atoms with E-state index in [0.29, 0.717) is 5.96 Å². The fourth-order valence-electron chi connectivity index (χ4n) is 2.09. The van der Waals surface area contributed by atoms with E-state index in [1.54, 1.807) is 12.3 Å². The SMILES string of the molecule is C=C/C=C(/C=N/NC1=NCCN1)C(=C\C(=C\C=C/C)C(=C)C)\C(=C)C. The second-order valence-corrected chi connectivity index (χ2v) is 5.65. The minimum atomic E-state index is 0.686. The number of guanidine groups is 1.